The second kappa shape index (κ2) is 7.61. The number of nitrogens with one attached hydrogen (secondary N) is 2. The maximum Gasteiger partial charge on any atom is 0.270 e. The molecule has 0 fully saturated rings. The number of nitrogens with zero attached hydrogens (tertiary/aromatic N) is 2. The van der Waals surface area contributed by atoms with Crippen LogP contribution >= 0.6 is 11.8 Å². The first-order valence-electron chi connectivity index (χ1n) is 8.95. The second-order valence-corrected chi connectivity index (χ2v) is 8.03. The van der Waals surface area contributed by atoms with Crippen molar-refractivity contribution in [3.63, 3.8) is 0 Å². The van der Waals surface area contributed by atoms with Crippen LogP contribution in [0.5, 0.6) is 0 Å². The number of benzene rings is 1. The Morgan fingerprint density at radius 2 is 1.96 bits per heavy atom. The van der Waals surface area contributed by atoms with Crippen molar-refractivity contribution in [2.45, 2.75) is 38.0 Å². The molecule has 2 N–H and O–H groups in total. The summed E-state index contributed by atoms with van der Waals surface area (Å²) in [5, 5.41) is 5.72. The van der Waals surface area contributed by atoms with Crippen molar-refractivity contribution in [1.82, 2.24) is 9.78 Å². The molecule has 1 aliphatic heterocycles. The standard InChI is InChI=1S/C19H26N4O2S/c1-5-6-12(2)23-18-16(19(25)21-23)17(26-11-15(24)20-18)13-7-9-14(10-8-13)22(3)4/h7-10,12,17H,5-6,11H2,1-4H3,(H,20,24)(H,21,25)/t12-,17+/m1/s1. The van der Waals surface area contributed by atoms with Crippen LogP contribution in [0, 0.1) is 0 Å². The Bertz CT molecular complexity index is 838. The second-order valence-electron chi connectivity index (χ2n) is 6.94. The summed E-state index contributed by atoms with van der Waals surface area (Å²) >= 11 is 1.50. The van der Waals surface area contributed by atoms with Crippen LogP contribution in [0.25, 0.3) is 0 Å². The van der Waals surface area contributed by atoms with Gasteiger partial charge in [-0.1, -0.05) is 25.5 Å². The van der Waals surface area contributed by atoms with Gasteiger partial charge in [-0.25, -0.2) is 0 Å². The number of rotatable bonds is 5. The zero-order valence-corrected chi connectivity index (χ0v) is 16.5. The largest absolute Gasteiger partial charge is 0.378 e. The van der Waals surface area contributed by atoms with Gasteiger partial charge in [0.1, 0.15) is 5.82 Å². The number of carbonyl (C=O) groups is 1. The predicted molar refractivity (Wildman–Crippen MR) is 108 cm³/mol. The fraction of sp³-hybridized carbons (Fsp3) is 0.474. The van der Waals surface area contributed by atoms with Crippen molar-refractivity contribution in [3.8, 4) is 0 Å². The summed E-state index contributed by atoms with van der Waals surface area (Å²) in [7, 11) is 3.99. The first-order valence-corrected chi connectivity index (χ1v) is 10.00. The molecule has 2 atom stereocenters. The molecule has 1 aromatic carbocycles. The van der Waals surface area contributed by atoms with Crippen LogP contribution in [0.4, 0.5) is 11.5 Å². The van der Waals surface area contributed by atoms with Gasteiger partial charge in [-0.05, 0) is 31.0 Å². The Morgan fingerprint density at radius 1 is 1.27 bits per heavy atom. The van der Waals surface area contributed by atoms with Crippen LogP contribution in [0.15, 0.2) is 29.1 Å². The zero-order valence-electron chi connectivity index (χ0n) is 15.7. The molecule has 0 bridgehead atoms. The Balaban J connectivity index is 2.07. The molecule has 0 saturated carbocycles. The highest BCUT2D eigenvalue weighted by molar-refractivity contribution is 8.00. The monoisotopic (exact) mass is 374 g/mol. The summed E-state index contributed by atoms with van der Waals surface area (Å²) < 4.78 is 1.83. The molecule has 0 spiro atoms. The van der Waals surface area contributed by atoms with Gasteiger partial charge in [0, 0.05) is 25.8 Å². The first-order chi connectivity index (χ1) is 12.4. The number of thioether (sulfide) groups is 1. The zero-order chi connectivity index (χ0) is 18.8. The third-order valence-electron chi connectivity index (χ3n) is 4.72. The Hall–Kier alpha value is -2.15. The molecule has 7 heteroatoms. The minimum atomic E-state index is -0.168. The van der Waals surface area contributed by atoms with Gasteiger partial charge in [-0.15, -0.1) is 11.8 Å². The highest BCUT2D eigenvalue weighted by atomic mass is 32.2. The van der Waals surface area contributed by atoms with E-state index in [1.54, 1.807) is 0 Å². The summed E-state index contributed by atoms with van der Waals surface area (Å²) in [6.07, 6.45) is 1.94. The molecule has 2 heterocycles. The van der Waals surface area contributed by atoms with Crippen LogP contribution in [0.3, 0.4) is 0 Å². The lowest BCUT2D eigenvalue weighted by Gasteiger charge is -2.18. The smallest absolute Gasteiger partial charge is 0.270 e. The van der Waals surface area contributed by atoms with Crippen LogP contribution in [-0.4, -0.2) is 35.5 Å². The number of fused-ring (bicyclic) bond motifs is 1. The fourth-order valence-corrected chi connectivity index (χ4v) is 4.46. The molecule has 1 aliphatic rings. The van der Waals surface area contributed by atoms with E-state index in [4.69, 9.17) is 0 Å². The lowest BCUT2D eigenvalue weighted by Crippen LogP contribution is -2.18. The van der Waals surface area contributed by atoms with Gasteiger partial charge in [-0.3, -0.25) is 19.4 Å². The van der Waals surface area contributed by atoms with E-state index < -0.39 is 0 Å². The molecular weight excluding hydrogens is 348 g/mol. The van der Waals surface area contributed by atoms with Crippen LogP contribution in [0.2, 0.25) is 0 Å². The molecule has 1 aromatic heterocycles. The number of anilines is 2. The Labute approximate surface area is 157 Å². The van der Waals surface area contributed by atoms with Crippen molar-refractivity contribution >= 4 is 29.2 Å². The normalized spacial score (nSPS) is 18.0. The van der Waals surface area contributed by atoms with Crippen molar-refractivity contribution in [2.24, 2.45) is 0 Å². The van der Waals surface area contributed by atoms with E-state index in [0.717, 1.165) is 24.1 Å². The van der Waals surface area contributed by atoms with E-state index in [1.165, 1.54) is 11.8 Å². The molecule has 140 valence electrons. The van der Waals surface area contributed by atoms with Gasteiger partial charge in [0.2, 0.25) is 5.91 Å². The van der Waals surface area contributed by atoms with E-state index in [0.29, 0.717) is 17.1 Å². The number of hydrogen-bond donors (Lipinski definition) is 2. The fourth-order valence-electron chi connectivity index (χ4n) is 3.33. The lowest BCUT2D eigenvalue weighted by atomic mass is 10.1. The van der Waals surface area contributed by atoms with Gasteiger partial charge in [0.05, 0.1) is 16.6 Å². The number of carbonyl (C=O) groups excluding carboxylic acids is 1. The Morgan fingerprint density at radius 3 is 2.58 bits per heavy atom. The quantitative estimate of drug-likeness (QED) is 0.842. The SMILES string of the molecule is CCC[C@@H](C)n1[nH]c(=O)c2c1NC(=O)CS[C@H]2c1ccc(N(C)C)cc1. The van der Waals surface area contributed by atoms with E-state index in [9.17, 15) is 9.59 Å². The number of amides is 1. The lowest BCUT2D eigenvalue weighted by molar-refractivity contribution is -0.113. The molecule has 0 radical (unpaired) electrons. The molecule has 2 aromatic rings. The van der Waals surface area contributed by atoms with Gasteiger partial charge in [-0.2, -0.15) is 0 Å². The molecule has 0 unspecified atom stereocenters. The minimum absolute atomic E-state index is 0.0693. The number of hydrogen-bond acceptors (Lipinski definition) is 4. The summed E-state index contributed by atoms with van der Waals surface area (Å²) in [6, 6.07) is 8.29. The summed E-state index contributed by atoms with van der Waals surface area (Å²) in [5.41, 5.74) is 2.65. The molecular formula is C19H26N4O2S. The highest BCUT2D eigenvalue weighted by Crippen LogP contribution is 2.40. The summed E-state index contributed by atoms with van der Waals surface area (Å²) in [4.78, 5) is 27.0. The van der Waals surface area contributed by atoms with Gasteiger partial charge in [0.15, 0.2) is 0 Å². The molecule has 6 nitrogen and oxygen atoms in total. The summed E-state index contributed by atoms with van der Waals surface area (Å²) in [6.45, 7) is 4.17. The van der Waals surface area contributed by atoms with Crippen molar-refractivity contribution in [1.29, 1.82) is 0 Å². The van der Waals surface area contributed by atoms with E-state index in [-0.39, 0.29) is 22.8 Å². The van der Waals surface area contributed by atoms with Crippen LogP contribution in [0.1, 0.15) is 49.1 Å². The van der Waals surface area contributed by atoms with Crippen molar-refractivity contribution in [2.75, 3.05) is 30.1 Å². The van der Waals surface area contributed by atoms with E-state index >= 15 is 0 Å². The molecule has 1 amide bonds. The maximum absolute atomic E-state index is 12.8. The first kappa shape index (κ1) is 18.6. The van der Waals surface area contributed by atoms with Crippen molar-refractivity contribution in [3.05, 3.63) is 45.7 Å². The molecule has 3 rings (SSSR count). The van der Waals surface area contributed by atoms with Gasteiger partial charge in [0.25, 0.3) is 5.56 Å². The Kier molecular flexibility index (Phi) is 5.46. The molecule has 0 aliphatic carbocycles. The number of H-pyrrole nitrogens is 1. The third kappa shape index (κ3) is 3.53. The van der Waals surface area contributed by atoms with Gasteiger partial charge < -0.3 is 10.2 Å². The van der Waals surface area contributed by atoms with E-state index in [2.05, 4.69) is 24.3 Å². The predicted octanol–water partition coefficient (Wildman–Crippen LogP) is 3.38. The maximum atomic E-state index is 12.8. The average molecular weight is 375 g/mol. The molecule has 26 heavy (non-hydrogen) atoms. The van der Waals surface area contributed by atoms with E-state index in [1.807, 2.05) is 47.9 Å². The van der Waals surface area contributed by atoms with Crippen molar-refractivity contribution < 1.29 is 4.79 Å². The molecule has 0 saturated heterocycles. The summed E-state index contributed by atoms with van der Waals surface area (Å²) in [5.74, 6) is 0.879. The topological polar surface area (TPSA) is 70.1 Å². The number of aromatic nitrogens is 2. The number of aromatic amines is 1. The minimum Gasteiger partial charge on any atom is -0.378 e. The van der Waals surface area contributed by atoms with Crippen LogP contribution in [-0.2, 0) is 4.79 Å². The average Bonchev–Trinajstić information content (AvgIpc) is 2.82. The van der Waals surface area contributed by atoms with Crippen LogP contribution < -0.4 is 15.8 Å². The highest BCUT2D eigenvalue weighted by Gasteiger charge is 2.31. The third-order valence-corrected chi connectivity index (χ3v) is 5.99. The van der Waals surface area contributed by atoms with Gasteiger partial charge >= 0.3 is 0 Å².